The van der Waals surface area contributed by atoms with Crippen LogP contribution in [-0.2, 0) is 0 Å². The van der Waals surface area contributed by atoms with Crippen LogP contribution in [0.25, 0.3) is 0 Å². The highest BCUT2D eigenvalue weighted by Crippen LogP contribution is 2.41. The van der Waals surface area contributed by atoms with Gasteiger partial charge in [-0.2, -0.15) is 0 Å². The molecular weight excluding hydrogens is 348 g/mol. The van der Waals surface area contributed by atoms with E-state index in [1.165, 1.54) is 0 Å². The van der Waals surface area contributed by atoms with Gasteiger partial charge in [-0.3, -0.25) is 9.97 Å². The third-order valence-corrected chi connectivity index (χ3v) is 4.64. The van der Waals surface area contributed by atoms with E-state index in [1.807, 2.05) is 60.9 Å². The molecular formula is C22H20N6. The molecule has 0 radical (unpaired) electrons. The number of nitrogens with two attached hydrogens (primary N) is 2. The molecule has 4 aromatic heterocycles. The molecule has 0 fully saturated rings. The normalized spacial score (nSPS) is 13.0. The SMILES string of the molecule is Nc1cccc(C(c2cccnc2)C(c2cccnc2)c2cccc(N)n2)n1. The van der Waals surface area contributed by atoms with Crippen molar-refractivity contribution in [3.63, 3.8) is 0 Å². The third-order valence-electron chi connectivity index (χ3n) is 4.64. The smallest absolute Gasteiger partial charge is 0.123 e. The molecule has 0 aliphatic carbocycles. The van der Waals surface area contributed by atoms with Crippen molar-refractivity contribution in [2.75, 3.05) is 11.5 Å². The van der Waals surface area contributed by atoms with E-state index in [2.05, 4.69) is 19.9 Å². The largest absolute Gasteiger partial charge is 0.384 e. The Morgan fingerprint density at radius 3 is 1.39 bits per heavy atom. The summed E-state index contributed by atoms with van der Waals surface area (Å²) in [6, 6.07) is 19.2. The predicted molar refractivity (Wildman–Crippen MR) is 109 cm³/mol. The fourth-order valence-corrected chi connectivity index (χ4v) is 3.47. The topological polar surface area (TPSA) is 104 Å². The Balaban J connectivity index is 1.96. The lowest BCUT2D eigenvalue weighted by Gasteiger charge is -2.27. The minimum absolute atomic E-state index is 0.157. The first-order valence-electron chi connectivity index (χ1n) is 8.97. The molecule has 0 saturated carbocycles. The molecule has 0 bridgehead atoms. The number of hydrogen-bond donors (Lipinski definition) is 2. The Labute approximate surface area is 163 Å². The standard InChI is InChI=1S/C22H20N6/c23-19-9-1-7-17(27-19)21(15-5-3-11-25-13-15)22(16-6-4-12-26-14-16)18-8-2-10-20(24)28-18/h1-14,21-22H,(H2,23,27)(H2,24,28). The van der Waals surface area contributed by atoms with E-state index in [0.29, 0.717) is 11.6 Å². The molecule has 2 atom stereocenters. The van der Waals surface area contributed by atoms with Crippen LogP contribution in [0.4, 0.5) is 11.6 Å². The van der Waals surface area contributed by atoms with Crippen LogP contribution in [-0.4, -0.2) is 19.9 Å². The molecule has 0 amide bonds. The van der Waals surface area contributed by atoms with Crippen LogP contribution in [0.5, 0.6) is 0 Å². The highest BCUT2D eigenvalue weighted by atomic mass is 14.9. The van der Waals surface area contributed by atoms with E-state index < -0.39 is 0 Å². The average molecular weight is 368 g/mol. The lowest BCUT2D eigenvalue weighted by Crippen LogP contribution is -2.18. The van der Waals surface area contributed by atoms with Crippen molar-refractivity contribution in [1.82, 2.24) is 19.9 Å². The zero-order valence-corrected chi connectivity index (χ0v) is 15.2. The number of nitrogen functional groups attached to an aromatic ring is 2. The van der Waals surface area contributed by atoms with Gasteiger partial charge in [0.2, 0.25) is 0 Å². The lowest BCUT2D eigenvalue weighted by atomic mass is 9.78. The summed E-state index contributed by atoms with van der Waals surface area (Å²) in [6.45, 7) is 0. The van der Waals surface area contributed by atoms with Gasteiger partial charge in [0.05, 0.1) is 11.4 Å². The van der Waals surface area contributed by atoms with E-state index in [9.17, 15) is 0 Å². The number of anilines is 2. The molecule has 0 aliphatic heterocycles. The third kappa shape index (κ3) is 3.66. The van der Waals surface area contributed by atoms with E-state index in [4.69, 9.17) is 11.5 Å². The number of rotatable bonds is 5. The molecule has 2 unspecified atom stereocenters. The predicted octanol–water partition coefficient (Wildman–Crippen LogP) is 3.40. The van der Waals surface area contributed by atoms with Gasteiger partial charge in [-0.05, 0) is 47.5 Å². The van der Waals surface area contributed by atoms with Gasteiger partial charge in [-0.15, -0.1) is 0 Å². The van der Waals surface area contributed by atoms with Crippen molar-refractivity contribution in [2.45, 2.75) is 11.8 Å². The van der Waals surface area contributed by atoms with Gasteiger partial charge in [-0.1, -0.05) is 24.3 Å². The van der Waals surface area contributed by atoms with Crippen LogP contribution in [0.3, 0.4) is 0 Å². The van der Waals surface area contributed by atoms with Gasteiger partial charge in [0.1, 0.15) is 11.6 Å². The van der Waals surface area contributed by atoms with E-state index in [-0.39, 0.29) is 11.8 Å². The fourth-order valence-electron chi connectivity index (χ4n) is 3.47. The van der Waals surface area contributed by atoms with Crippen LogP contribution < -0.4 is 11.5 Å². The second kappa shape index (κ2) is 7.84. The molecule has 138 valence electrons. The van der Waals surface area contributed by atoms with E-state index >= 15 is 0 Å². The Morgan fingerprint density at radius 1 is 0.571 bits per heavy atom. The molecule has 6 nitrogen and oxygen atoms in total. The zero-order valence-electron chi connectivity index (χ0n) is 15.2. The molecule has 6 heteroatoms. The first-order chi connectivity index (χ1) is 13.7. The van der Waals surface area contributed by atoms with Crippen molar-refractivity contribution in [2.24, 2.45) is 0 Å². The van der Waals surface area contributed by atoms with Gasteiger partial charge in [0.25, 0.3) is 0 Å². The number of nitrogens with zero attached hydrogens (tertiary/aromatic N) is 4. The molecule has 4 aromatic rings. The van der Waals surface area contributed by atoms with Crippen molar-refractivity contribution in [3.8, 4) is 0 Å². The Hall–Kier alpha value is -3.80. The molecule has 0 aliphatic rings. The highest BCUT2D eigenvalue weighted by molar-refractivity contribution is 5.43. The summed E-state index contributed by atoms with van der Waals surface area (Å²) in [5.41, 5.74) is 15.7. The first kappa shape index (κ1) is 17.6. The van der Waals surface area contributed by atoms with Gasteiger partial charge < -0.3 is 11.5 Å². The minimum atomic E-state index is -0.157. The summed E-state index contributed by atoms with van der Waals surface area (Å²) in [4.78, 5) is 17.9. The molecule has 0 spiro atoms. The maximum atomic E-state index is 6.00. The summed E-state index contributed by atoms with van der Waals surface area (Å²) in [7, 11) is 0. The van der Waals surface area contributed by atoms with Gasteiger partial charge in [0.15, 0.2) is 0 Å². The second-order valence-corrected chi connectivity index (χ2v) is 6.50. The minimum Gasteiger partial charge on any atom is -0.384 e. The molecule has 4 N–H and O–H groups in total. The first-order valence-corrected chi connectivity index (χ1v) is 8.97. The number of aromatic nitrogens is 4. The molecule has 4 heterocycles. The van der Waals surface area contributed by atoms with Crippen molar-refractivity contribution in [1.29, 1.82) is 0 Å². The Bertz CT molecular complexity index is 966. The van der Waals surface area contributed by atoms with Crippen molar-refractivity contribution < 1.29 is 0 Å². The monoisotopic (exact) mass is 368 g/mol. The zero-order chi connectivity index (χ0) is 19.3. The molecule has 0 saturated heterocycles. The number of pyridine rings is 4. The van der Waals surface area contributed by atoms with Gasteiger partial charge in [0, 0.05) is 36.6 Å². The summed E-state index contributed by atoms with van der Waals surface area (Å²) in [5.74, 6) is 0.625. The molecule has 4 rings (SSSR count). The van der Waals surface area contributed by atoms with Crippen LogP contribution >= 0.6 is 0 Å². The Morgan fingerprint density at radius 2 is 1.04 bits per heavy atom. The van der Waals surface area contributed by atoms with Gasteiger partial charge in [-0.25, -0.2) is 9.97 Å². The second-order valence-electron chi connectivity index (χ2n) is 6.50. The summed E-state index contributed by atoms with van der Waals surface area (Å²) in [5, 5.41) is 0. The summed E-state index contributed by atoms with van der Waals surface area (Å²) < 4.78 is 0. The maximum Gasteiger partial charge on any atom is 0.123 e. The lowest BCUT2D eigenvalue weighted by molar-refractivity contribution is 0.655. The van der Waals surface area contributed by atoms with Gasteiger partial charge >= 0.3 is 0 Å². The fraction of sp³-hybridized carbons (Fsp3) is 0.0909. The maximum absolute atomic E-state index is 6.00. The van der Waals surface area contributed by atoms with Crippen molar-refractivity contribution in [3.05, 3.63) is 108 Å². The van der Waals surface area contributed by atoms with E-state index in [1.54, 1.807) is 24.5 Å². The van der Waals surface area contributed by atoms with Crippen LogP contribution in [0.15, 0.2) is 85.5 Å². The molecule has 28 heavy (non-hydrogen) atoms. The molecule has 0 aromatic carbocycles. The summed E-state index contributed by atoms with van der Waals surface area (Å²) >= 11 is 0. The van der Waals surface area contributed by atoms with Crippen molar-refractivity contribution >= 4 is 11.6 Å². The Kier molecular flexibility index (Phi) is 4.93. The number of hydrogen-bond acceptors (Lipinski definition) is 6. The average Bonchev–Trinajstić information content (AvgIpc) is 2.73. The van der Waals surface area contributed by atoms with E-state index in [0.717, 1.165) is 22.5 Å². The van der Waals surface area contributed by atoms with Crippen LogP contribution in [0.1, 0.15) is 34.4 Å². The highest BCUT2D eigenvalue weighted by Gasteiger charge is 2.31. The van der Waals surface area contributed by atoms with Crippen LogP contribution in [0.2, 0.25) is 0 Å². The summed E-state index contributed by atoms with van der Waals surface area (Å²) in [6.07, 6.45) is 7.22. The quantitative estimate of drug-likeness (QED) is 0.559. The van der Waals surface area contributed by atoms with Crippen LogP contribution in [0, 0.1) is 0 Å².